The first-order valence-electron chi connectivity index (χ1n) is 6.65. The van der Waals surface area contributed by atoms with E-state index in [0.717, 1.165) is 4.90 Å². The maximum atomic E-state index is 14.1. The summed E-state index contributed by atoms with van der Waals surface area (Å²) in [6, 6.07) is 9.33. The number of halogens is 3. The first kappa shape index (κ1) is 15.3. The van der Waals surface area contributed by atoms with Crippen molar-refractivity contribution in [2.75, 3.05) is 0 Å². The van der Waals surface area contributed by atoms with Crippen molar-refractivity contribution in [1.29, 1.82) is 5.26 Å². The van der Waals surface area contributed by atoms with Crippen LogP contribution in [0.15, 0.2) is 66.0 Å². The van der Waals surface area contributed by atoms with Gasteiger partial charge in [-0.25, -0.2) is 0 Å². The van der Waals surface area contributed by atoms with Crippen LogP contribution >= 0.6 is 12.2 Å². The Morgan fingerprint density at radius 3 is 2.48 bits per heavy atom. The fourth-order valence-electron chi connectivity index (χ4n) is 2.71. The zero-order chi connectivity index (χ0) is 16.7. The summed E-state index contributed by atoms with van der Waals surface area (Å²) in [5.74, 6) is 0. The monoisotopic (exact) mass is 333 g/mol. The molecule has 0 saturated carbocycles. The van der Waals surface area contributed by atoms with E-state index in [1.165, 1.54) is 42.6 Å². The van der Waals surface area contributed by atoms with E-state index < -0.39 is 11.8 Å². The summed E-state index contributed by atoms with van der Waals surface area (Å²) in [4.78, 5) is 0.788. The Labute approximate surface area is 136 Å². The van der Waals surface area contributed by atoms with Crippen LogP contribution in [-0.2, 0) is 5.66 Å². The molecule has 1 aromatic rings. The van der Waals surface area contributed by atoms with E-state index in [4.69, 9.17) is 12.2 Å². The molecule has 2 heterocycles. The van der Waals surface area contributed by atoms with Crippen LogP contribution < -0.4 is 5.32 Å². The molecule has 0 aromatic heterocycles. The summed E-state index contributed by atoms with van der Waals surface area (Å²) in [6.07, 6.45) is 1.12. The summed E-state index contributed by atoms with van der Waals surface area (Å²) in [6.45, 7) is 0. The third-order valence-electron chi connectivity index (χ3n) is 3.71. The standard InChI is InChI=1S/C16H10F3N3S/c17-16(18,19)15(11-6-2-1-3-7-11)21-14(23)12(10-20)13-8-4-5-9-22(13)15/h1-9H,(H,21,23)/t15-/m1/s1. The first-order valence-corrected chi connectivity index (χ1v) is 7.06. The molecule has 3 nitrogen and oxygen atoms in total. The third kappa shape index (κ3) is 2.14. The minimum Gasteiger partial charge on any atom is -0.341 e. The normalized spacial score (nSPS) is 23.4. The van der Waals surface area contributed by atoms with E-state index >= 15 is 0 Å². The first-order chi connectivity index (χ1) is 10.9. The van der Waals surface area contributed by atoms with Gasteiger partial charge in [0, 0.05) is 11.8 Å². The fraction of sp³-hybridized carbons (Fsp3) is 0.125. The smallest absolute Gasteiger partial charge is 0.341 e. The largest absolute Gasteiger partial charge is 0.435 e. The van der Waals surface area contributed by atoms with Crippen molar-refractivity contribution in [1.82, 2.24) is 10.2 Å². The van der Waals surface area contributed by atoms with Gasteiger partial charge in [0.25, 0.3) is 0 Å². The van der Waals surface area contributed by atoms with Gasteiger partial charge in [-0.2, -0.15) is 18.4 Å². The number of nitrogens with zero attached hydrogens (tertiary/aromatic N) is 2. The fourth-order valence-corrected chi connectivity index (χ4v) is 3.01. The Kier molecular flexibility index (Phi) is 3.49. The highest BCUT2D eigenvalue weighted by Crippen LogP contribution is 2.47. The zero-order valence-corrected chi connectivity index (χ0v) is 12.4. The lowest BCUT2D eigenvalue weighted by Gasteiger charge is -2.49. The van der Waals surface area contributed by atoms with Crippen LogP contribution in [-0.4, -0.2) is 16.1 Å². The maximum absolute atomic E-state index is 14.1. The Balaban J connectivity index is 2.33. The molecule has 1 N–H and O–H groups in total. The molecule has 0 aliphatic carbocycles. The average molecular weight is 333 g/mol. The number of rotatable bonds is 1. The molecule has 3 rings (SSSR count). The summed E-state index contributed by atoms with van der Waals surface area (Å²) in [5, 5.41) is 11.6. The van der Waals surface area contributed by atoms with Gasteiger partial charge in [-0.3, -0.25) is 0 Å². The van der Waals surface area contributed by atoms with Gasteiger partial charge in [0.2, 0.25) is 5.66 Å². The van der Waals surface area contributed by atoms with Crippen molar-refractivity contribution in [3.63, 3.8) is 0 Å². The minimum absolute atomic E-state index is 0.00992. The van der Waals surface area contributed by atoms with E-state index in [2.05, 4.69) is 5.32 Å². The highest BCUT2D eigenvalue weighted by atomic mass is 32.1. The lowest BCUT2D eigenvalue weighted by atomic mass is 9.91. The zero-order valence-electron chi connectivity index (χ0n) is 11.6. The minimum atomic E-state index is -4.68. The van der Waals surface area contributed by atoms with E-state index in [9.17, 15) is 18.4 Å². The van der Waals surface area contributed by atoms with Crippen LogP contribution in [0.25, 0.3) is 0 Å². The van der Waals surface area contributed by atoms with Crippen molar-refractivity contribution < 1.29 is 13.2 Å². The molecule has 0 spiro atoms. The summed E-state index contributed by atoms with van der Waals surface area (Å²) < 4.78 is 42.4. The SMILES string of the molecule is N#CC1=C2C=CC=CN2[C@](c2ccccc2)(C(F)(F)F)NC1=S. The van der Waals surface area contributed by atoms with Crippen LogP contribution in [0.2, 0.25) is 0 Å². The molecular formula is C16H10F3N3S. The molecule has 1 atom stereocenters. The number of thiocarbonyl (C=S) groups is 1. The predicted molar refractivity (Wildman–Crippen MR) is 82.7 cm³/mol. The van der Waals surface area contributed by atoms with Gasteiger partial charge in [-0.05, 0) is 12.2 Å². The Hall–Kier alpha value is -2.59. The number of fused-ring (bicyclic) bond motifs is 1. The molecule has 7 heteroatoms. The Morgan fingerprint density at radius 1 is 1.17 bits per heavy atom. The van der Waals surface area contributed by atoms with Crippen molar-refractivity contribution in [3.8, 4) is 6.07 Å². The van der Waals surface area contributed by atoms with Gasteiger partial charge in [0.1, 0.15) is 16.6 Å². The average Bonchev–Trinajstić information content (AvgIpc) is 2.54. The van der Waals surface area contributed by atoms with Gasteiger partial charge in [0.05, 0.1) is 5.70 Å². The number of alkyl halides is 3. The van der Waals surface area contributed by atoms with Gasteiger partial charge >= 0.3 is 6.18 Å². The Bertz CT molecular complexity index is 787. The topological polar surface area (TPSA) is 39.1 Å². The van der Waals surface area contributed by atoms with Crippen molar-refractivity contribution in [2.24, 2.45) is 0 Å². The van der Waals surface area contributed by atoms with E-state index in [0.29, 0.717) is 0 Å². The predicted octanol–water partition coefficient (Wildman–Crippen LogP) is 3.50. The summed E-state index contributed by atoms with van der Waals surface area (Å²) >= 11 is 5.04. The van der Waals surface area contributed by atoms with Crippen molar-refractivity contribution >= 4 is 17.2 Å². The molecule has 0 radical (unpaired) electrons. The number of allylic oxidation sites excluding steroid dienone is 3. The molecule has 1 aromatic carbocycles. The van der Waals surface area contributed by atoms with Crippen LogP contribution in [0.1, 0.15) is 5.56 Å². The molecule has 0 unspecified atom stereocenters. The molecule has 2 aliphatic heterocycles. The van der Waals surface area contributed by atoms with E-state index in [-0.39, 0.29) is 21.8 Å². The van der Waals surface area contributed by atoms with Crippen molar-refractivity contribution in [3.05, 3.63) is 71.6 Å². The second-order valence-corrected chi connectivity index (χ2v) is 5.38. The summed E-state index contributed by atoms with van der Waals surface area (Å²) in [5.41, 5.74) is -2.43. The molecule has 0 fully saturated rings. The van der Waals surface area contributed by atoms with Crippen molar-refractivity contribution in [2.45, 2.75) is 11.8 Å². The number of hydrogen-bond acceptors (Lipinski definition) is 3. The second kappa shape index (κ2) is 5.25. The van der Waals surface area contributed by atoms with Gasteiger partial charge in [-0.1, -0.05) is 48.6 Å². The lowest BCUT2D eigenvalue weighted by Crippen LogP contribution is -2.66. The van der Waals surface area contributed by atoms with Crippen LogP contribution in [0.5, 0.6) is 0 Å². The molecule has 2 aliphatic rings. The highest BCUT2D eigenvalue weighted by Gasteiger charge is 2.62. The van der Waals surface area contributed by atoms with Gasteiger partial charge in [0.15, 0.2) is 0 Å². The van der Waals surface area contributed by atoms with Crippen LogP contribution in [0.3, 0.4) is 0 Å². The van der Waals surface area contributed by atoms with E-state index in [1.54, 1.807) is 12.1 Å². The molecule has 0 saturated heterocycles. The quantitative estimate of drug-likeness (QED) is 0.799. The highest BCUT2D eigenvalue weighted by molar-refractivity contribution is 7.80. The molecule has 0 bridgehead atoms. The summed E-state index contributed by atoms with van der Waals surface area (Å²) in [7, 11) is 0. The molecular weight excluding hydrogens is 323 g/mol. The van der Waals surface area contributed by atoms with E-state index in [1.807, 2.05) is 6.07 Å². The van der Waals surface area contributed by atoms with Crippen LogP contribution in [0, 0.1) is 11.3 Å². The third-order valence-corrected chi connectivity index (χ3v) is 4.02. The number of hydrogen-bond donors (Lipinski definition) is 1. The molecule has 23 heavy (non-hydrogen) atoms. The van der Waals surface area contributed by atoms with Crippen LogP contribution in [0.4, 0.5) is 13.2 Å². The van der Waals surface area contributed by atoms with Gasteiger partial charge < -0.3 is 10.2 Å². The van der Waals surface area contributed by atoms with Gasteiger partial charge in [-0.15, -0.1) is 0 Å². The second-order valence-electron chi connectivity index (χ2n) is 4.97. The molecule has 0 amide bonds. The Morgan fingerprint density at radius 2 is 1.87 bits per heavy atom. The lowest BCUT2D eigenvalue weighted by molar-refractivity contribution is -0.231. The number of nitriles is 1. The maximum Gasteiger partial charge on any atom is 0.435 e. The molecule has 116 valence electrons. The number of nitrogens with one attached hydrogen (secondary N) is 1. The number of benzene rings is 1.